The molecule has 0 N–H and O–H groups in total. The lowest BCUT2D eigenvalue weighted by Gasteiger charge is -1.45. The van der Waals surface area contributed by atoms with E-state index in [0.717, 1.165) is 7.36 Å². The molecule has 0 rings (SSSR count). The van der Waals surface area contributed by atoms with E-state index < -0.39 is 8.89 Å². The Kier molecular flexibility index (Phi) is 1080. The maximum absolute atomic E-state index is 10.3. The highest BCUT2D eigenvalue weighted by atomic mass is 32.4. The summed E-state index contributed by atoms with van der Waals surface area (Å²) >= 11 is 4.37. The molecule has 4 heteroatoms. The molecule has 0 fully saturated rings. The molecular weight excluding hydrogens is 209 g/mol. The zero-order chi connectivity index (χ0) is 5.41. The third-order valence-electron chi connectivity index (χ3n) is 0. The van der Waals surface area contributed by atoms with Crippen LogP contribution in [0, 0.1) is 0 Å². The van der Waals surface area contributed by atoms with Crippen LogP contribution >= 0.6 is 16.2 Å². The van der Waals surface area contributed by atoms with Crippen molar-refractivity contribution in [3.63, 3.8) is 0 Å². The van der Waals surface area contributed by atoms with Crippen LogP contribution in [0.4, 0.5) is 4.20 Å². The molecule has 0 aliphatic carbocycles. The van der Waals surface area contributed by atoms with Crippen LogP contribution in [0.15, 0.2) is 0 Å². The molecule has 0 nitrogen and oxygen atoms in total. The molecule has 0 aliphatic rings. The molecule has 0 aromatic rings. The van der Waals surface area contributed by atoms with Gasteiger partial charge in [-0.1, -0.05) is 56.4 Å². The molecule has 0 aliphatic heterocycles. The predicted octanol–water partition coefficient (Wildman–Crippen LogP) is 6.02. The summed E-state index contributed by atoms with van der Waals surface area (Å²) in [4.78, 5) is 0. The van der Waals surface area contributed by atoms with E-state index in [0.29, 0.717) is 0 Å². The Hall–Kier alpha value is 0.880. The number of hydrogen-bond donors (Lipinski definition) is 0. The maximum Gasteiger partial charge on any atom is 0.0639 e. The van der Waals surface area contributed by atoms with Gasteiger partial charge in [-0.3, -0.25) is 0 Å². The Balaban J connectivity index is -0.00000000296. The number of rotatable bonds is 0. The van der Waals surface area contributed by atoms with Gasteiger partial charge in [0.25, 0.3) is 0 Å². The Morgan fingerprint density at radius 2 is 1.00 bits per heavy atom. The average molecular weight is 240 g/mol. The van der Waals surface area contributed by atoms with Gasteiger partial charge in [0.1, 0.15) is 0 Å². The largest absolute Gasteiger partial charge is 0.231 e. The summed E-state index contributed by atoms with van der Waals surface area (Å²) in [7, 11) is 0.583. The highest BCUT2D eigenvalue weighted by molar-refractivity contribution is 7.96. The van der Waals surface area contributed by atoms with Crippen molar-refractivity contribution in [3.8, 4) is 0 Å². The minimum absolute atomic E-state index is 0. The topological polar surface area (TPSA) is 0 Å². The Morgan fingerprint density at radius 1 is 1.00 bits per heavy atom. The summed E-state index contributed by atoms with van der Waals surface area (Å²) in [6.45, 7) is 3.40. The van der Waals surface area contributed by atoms with E-state index >= 15 is 0 Å². The van der Waals surface area contributed by atoms with Gasteiger partial charge in [-0.25, -0.2) is 4.20 Å². The van der Waals surface area contributed by atoms with Gasteiger partial charge in [-0.15, -0.1) is 0 Å². The Bertz CT molecular complexity index is 31.0. The molecule has 0 spiro atoms. The van der Waals surface area contributed by atoms with Crippen LogP contribution < -0.4 is 0 Å². The third-order valence-corrected chi connectivity index (χ3v) is 0. The van der Waals surface area contributed by atoms with Crippen molar-refractivity contribution in [1.29, 1.82) is 0 Å². The molecule has 0 saturated carbocycles. The minimum atomic E-state index is -0.417. The lowest BCUT2D eigenvalue weighted by molar-refractivity contribution is 0.925. The minimum Gasteiger partial charge on any atom is -0.231 e. The normalized spacial score (nSPS) is 4.25. The summed E-state index contributed by atoms with van der Waals surface area (Å²) in [5, 5.41) is 0. The molecule has 86 valence electrons. The zero-order valence-electron chi connectivity index (χ0n) is 3.73. The Labute approximate surface area is 90.5 Å². The second kappa shape index (κ2) is 170. The van der Waals surface area contributed by atoms with Gasteiger partial charge in [0.15, 0.2) is 0 Å². The van der Waals surface area contributed by atoms with Crippen molar-refractivity contribution in [1.82, 2.24) is 0 Å². The quantitative estimate of drug-likeness (QED) is 0.466. The van der Waals surface area contributed by atoms with Crippen LogP contribution in [0.2, 0.25) is 0 Å². The molecule has 0 radical (unpaired) electrons. The standard InChI is InChI=1S/CH4FP.CH3PS.6CH4/c1-3-2;1-2-3;;;;;;/h3H,1H3;1H3;6*1H4. The van der Waals surface area contributed by atoms with Gasteiger partial charge >= 0.3 is 0 Å². The highest BCUT2D eigenvalue weighted by Crippen LogP contribution is 1.97. The lowest BCUT2D eigenvalue weighted by Crippen LogP contribution is -1.03. The van der Waals surface area contributed by atoms with Gasteiger partial charge in [-0.05, 0) is 20.7 Å². The molecule has 0 aromatic heterocycles. The van der Waals surface area contributed by atoms with E-state index in [9.17, 15) is 4.20 Å². The van der Waals surface area contributed by atoms with E-state index in [-0.39, 0.29) is 44.6 Å². The first-order valence-corrected chi connectivity index (χ1v) is 5.05. The number of halogens is 1. The van der Waals surface area contributed by atoms with Gasteiger partial charge in [0.05, 0.1) is 8.89 Å². The average Bonchev–Trinajstić information content (AvgIpc) is 1.39. The molecular formula is C8H31FP2S. The zero-order valence-corrected chi connectivity index (χ0v) is 6.44. The fourth-order valence-corrected chi connectivity index (χ4v) is 0. The smallest absolute Gasteiger partial charge is 0.0639 e. The fourth-order valence-electron chi connectivity index (χ4n) is 0. The summed E-state index contributed by atoms with van der Waals surface area (Å²) in [5.74, 6) is 0. The van der Waals surface area contributed by atoms with Crippen LogP contribution in [0.25, 0.3) is 0 Å². The first-order valence-electron chi connectivity index (χ1n) is 1.32. The van der Waals surface area contributed by atoms with Crippen molar-refractivity contribution in [3.05, 3.63) is 0 Å². The first kappa shape index (κ1) is 76.3. The van der Waals surface area contributed by atoms with Crippen LogP contribution in [0.3, 0.4) is 0 Å². The van der Waals surface area contributed by atoms with Gasteiger partial charge in [0.2, 0.25) is 0 Å². The fraction of sp³-hybridized carbons (Fsp3) is 1.00. The van der Waals surface area contributed by atoms with E-state index in [2.05, 4.69) is 11.8 Å². The summed E-state index contributed by atoms with van der Waals surface area (Å²) in [6.07, 6.45) is 0. The second-order valence-corrected chi connectivity index (χ2v) is 2.21. The van der Waals surface area contributed by atoms with Crippen LogP contribution in [-0.4, -0.2) is 13.3 Å². The van der Waals surface area contributed by atoms with E-state index in [1.165, 1.54) is 6.66 Å². The Morgan fingerprint density at radius 3 is 1.00 bits per heavy atom. The summed E-state index contributed by atoms with van der Waals surface area (Å²) in [5.41, 5.74) is 0. The van der Waals surface area contributed by atoms with Crippen molar-refractivity contribution in [2.75, 3.05) is 13.3 Å². The maximum atomic E-state index is 10.3. The van der Waals surface area contributed by atoms with E-state index in [1.807, 2.05) is 6.66 Å². The first-order chi connectivity index (χ1) is 2.83. The molecule has 0 saturated heterocycles. The third kappa shape index (κ3) is 1370. The molecule has 1 atom stereocenters. The summed E-state index contributed by atoms with van der Waals surface area (Å²) < 4.78 is 10.3. The monoisotopic (exact) mass is 240 g/mol. The van der Waals surface area contributed by atoms with Crippen LogP contribution in [-0.2, 0) is 11.8 Å². The molecule has 0 amide bonds. The van der Waals surface area contributed by atoms with Crippen molar-refractivity contribution in [2.45, 2.75) is 44.6 Å². The van der Waals surface area contributed by atoms with Gasteiger partial charge in [0, 0.05) is 0 Å². The SMILES string of the molecule is C.C.C.C.C.C.CP=S.CPF. The van der Waals surface area contributed by atoms with Gasteiger partial charge < -0.3 is 0 Å². The summed E-state index contributed by atoms with van der Waals surface area (Å²) in [6, 6.07) is 0. The van der Waals surface area contributed by atoms with Crippen LogP contribution in [0.5, 0.6) is 0 Å². The van der Waals surface area contributed by atoms with Crippen molar-refractivity contribution < 1.29 is 4.20 Å². The lowest BCUT2D eigenvalue weighted by atomic mass is 12.0. The number of hydrogen-bond acceptors (Lipinski definition) is 1. The molecule has 0 heterocycles. The van der Waals surface area contributed by atoms with E-state index in [4.69, 9.17) is 0 Å². The van der Waals surface area contributed by atoms with Crippen molar-refractivity contribution >= 4 is 28.1 Å². The molecule has 12 heavy (non-hydrogen) atoms. The van der Waals surface area contributed by atoms with Crippen molar-refractivity contribution in [2.24, 2.45) is 0 Å². The highest BCUT2D eigenvalue weighted by Gasteiger charge is 1.39. The van der Waals surface area contributed by atoms with Gasteiger partial charge in [-0.2, -0.15) is 0 Å². The molecule has 1 unspecified atom stereocenters. The second-order valence-electron chi connectivity index (χ2n) is 0.372. The molecule has 0 bridgehead atoms. The predicted molar refractivity (Wildman–Crippen MR) is 75.9 cm³/mol. The van der Waals surface area contributed by atoms with E-state index in [1.54, 1.807) is 0 Å². The van der Waals surface area contributed by atoms with Crippen LogP contribution in [0.1, 0.15) is 44.6 Å². The molecule has 0 aromatic carbocycles.